The lowest BCUT2D eigenvalue weighted by atomic mass is 9.87. The molecule has 0 aromatic heterocycles. The summed E-state index contributed by atoms with van der Waals surface area (Å²) in [6, 6.07) is 15.2. The molecule has 6 heteroatoms. The second-order valence-electron chi connectivity index (χ2n) is 5.54. The quantitative estimate of drug-likeness (QED) is 0.490. The summed E-state index contributed by atoms with van der Waals surface area (Å²) in [5.74, 6) is -7.27. The number of halogens is 4. The lowest BCUT2D eigenvalue weighted by Gasteiger charge is -2.19. The monoisotopic (exact) mass is 360 g/mol. The number of hydrogen-bond acceptors (Lipinski definition) is 1. The maximum Gasteiger partial charge on any atom is 0.343 e. The summed E-state index contributed by atoms with van der Waals surface area (Å²) >= 11 is 0. The van der Waals surface area contributed by atoms with Gasteiger partial charge in [-0.15, -0.1) is 0 Å². The molecule has 0 heterocycles. The Labute approximate surface area is 146 Å². The van der Waals surface area contributed by atoms with Crippen LogP contribution in [0.4, 0.5) is 17.6 Å². The molecule has 0 saturated heterocycles. The van der Waals surface area contributed by atoms with Crippen molar-refractivity contribution in [1.29, 1.82) is 0 Å². The first kappa shape index (κ1) is 17.7. The third-order valence-corrected chi connectivity index (χ3v) is 3.96. The number of benzene rings is 3. The van der Waals surface area contributed by atoms with Crippen LogP contribution in [0.1, 0.15) is 11.7 Å². The Bertz CT molecular complexity index is 957. The molecule has 3 aromatic carbocycles. The van der Waals surface area contributed by atoms with Crippen molar-refractivity contribution in [3.8, 4) is 22.3 Å². The van der Waals surface area contributed by atoms with Crippen LogP contribution >= 0.6 is 0 Å². The van der Waals surface area contributed by atoms with Gasteiger partial charge in [0.1, 0.15) is 0 Å². The number of hydrogen-bond donors (Lipinski definition) is 1. The molecule has 3 aromatic rings. The summed E-state index contributed by atoms with van der Waals surface area (Å²) in [6.45, 7) is 0. The lowest BCUT2D eigenvalue weighted by molar-refractivity contribution is -0.143. The van der Waals surface area contributed by atoms with Crippen LogP contribution in [0.5, 0.6) is 0 Å². The number of rotatable bonds is 4. The molecule has 3 rings (SSSR count). The van der Waals surface area contributed by atoms with Crippen molar-refractivity contribution in [2.45, 2.75) is 6.17 Å². The molecule has 0 aliphatic carbocycles. The Kier molecular flexibility index (Phi) is 4.75. The summed E-state index contributed by atoms with van der Waals surface area (Å²) in [4.78, 5) is 11.1. The number of carbonyl (C=O) groups is 1. The van der Waals surface area contributed by atoms with Crippen LogP contribution in [-0.4, -0.2) is 11.1 Å². The van der Waals surface area contributed by atoms with Gasteiger partial charge in [0.25, 0.3) is 0 Å². The van der Waals surface area contributed by atoms with Crippen molar-refractivity contribution in [1.82, 2.24) is 0 Å². The van der Waals surface area contributed by atoms with E-state index < -0.39 is 40.7 Å². The third kappa shape index (κ3) is 2.94. The van der Waals surface area contributed by atoms with Gasteiger partial charge in [-0.25, -0.2) is 22.4 Å². The van der Waals surface area contributed by atoms with Crippen LogP contribution in [0, 0.1) is 17.5 Å². The molecule has 0 radical (unpaired) electrons. The number of alkyl halides is 1. The van der Waals surface area contributed by atoms with E-state index in [9.17, 15) is 22.4 Å². The van der Waals surface area contributed by atoms with Gasteiger partial charge >= 0.3 is 5.97 Å². The molecule has 0 fully saturated rings. The molecular weight excluding hydrogens is 348 g/mol. The highest BCUT2D eigenvalue weighted by molar-refractivity contribution is 5.89. The Morgan fingerprint density at radius 2 is 1.19 bits per heavy atom. The van der Waals surface area contributed by atoms with Crippen LogP contribution in [0.2, 0.25) is 0 Å². The van der Waals surface area contributed by atoms with Crippen molar-refractivity contribution >= 4 is 5.97 Å². The molecule has 26 heavy (non-hydrogen) atoms. The normalized spacial score (nSPS) is 12.0. The second-order valence-corrected chi connectivity index (χ2v) is 5.54. The fraction of sp³-hybridized carbons (Fsp3) is 0.0500. The molecule has 0 aliphatic rings. The highest BCUT2D eigenvalue weighted by Crippen LogP contribution is 2.43. The van der Waals surface area contributed by atoms with E-state index in [0.29, 0.717) is 0 Å². The van der Waals surface area contributed by atoms with E-state index in [-0.39, 0.29) is 16.7 Å². The summed E-state index contributed by atoms with van der Waals surface area (Å²) in [6.07, 6.45) is -2.86. The van der Waals surface area contributed by atoms with E-state index in [4.69, 9.17) is 5.11 Å². The largest absolute Gasteiger partial charge is 0.479 e. The number of carboxylic acids is 1. The van der Waals surface area contributed by atoms with E-state index in [2.05, 4.69) is 0 Å². The molecule has 0 bridgehead atoms. The third-order valence-electron chi connectivity index (χ3n) is 3.96. The molecule has 1 atom stereocenters. The fourth-order valence-corrected chi connectivity index (χ4v) is 2.82. The molecule has 2 nitrogen and oxygen atoms in total. The first-order chi connectivity index (χ1) is 12.4. The minimum absolute atomic E-state index is 0.168. The SMILES string of the molecule is O=C(O)C(F)c1c(F)c(F)c(F)c(-c2ccccc2)c1-c1ccccc1. The van der Waals surface area contributed by atoms with Crippen LogP contribution < -0.4 is 0 Å². The van der Waals surface area contributed by atoms with Crippen LogP contribution in [0.3, 0.4) is 0 Å². The predicted octanol–water partition coefficient (Wildman–Crippen LogP) is 5.53. The number of aliphatic carboxylic acids is 1. The smallest absolute Gasteiger partial charge is 0.343 e. The zero-order valence-corrected chi connectivity index (χ0v) is 13.2. The maximum absolute atomic E-state index is 14.7. The number of carboxylic acid groups (broad SMARTS) is 1. The molecule has 0 saturated carbocycles. The standard InChI is InChI=1S/C20H12F4O2/c21-16-14(12-9-5-2-6-10-12)13(11-7-3-1-4-8-11)15(17(22)19(16)24)18(23)20(25)26/h1-10,18H,(H,25,26). The average molecular weight is 360 g/mol. The van der Waals surface area contributed by atoms with Gasteiger partial charge in [-0.05, 0) is 11.1 Å². The summed E-state index contributed by atoms with van der Waals surface area (Å²) in [5.41, 5.74) is -1.43. The molecular formula is C20H12F4O2. The molecule has 1 unspecified atom stereocenters. The van der Waals surface area contributed by atoms with Crippen molar-refractivity contribution in [2.75, 3.05) is 0 Å². The molecule has 0 spiro atoms. The van der Waals surface area contributed by atoms with Gasteiger partial charge < -0.3 is 5.11 Å². The Hall–Kier alpha value is -3.15. The van der Waals surface area contributed by atoms with Gasteiger partial charge in [-0.1, -0.05) is 60.7 Å². The van der Waals surface area contributed by atoms with E-state index in [1.807, 2.05) is 0 Å². The van der Waals surface area contributed by atoms with Gasteiger partial charge in [0.05, 0.1) is 0 Å². The zero-order valence-electron chi connectivity index (χ0n) is 13.2. The van der Waals surface area contributed by atoms with Gasteiger partial charge in [-0.3, -0.25) is 0 Å². The molecule has 0 amide bonds. The van der Waals surface area contributed by atoms with E-state index in [1.165, 1.54) is 24.3 Å². The topological polar surface area (TPSA) is 37.3 Å². The first-order valence-electron chi connectivity index (χ1n) is 7.61. The predicted molar refractivity (Wildman–Crippen MR) is 88.7 cm³/mol. The first-order valence-corrected chi connectivity index (χ1v) is 7.61. The van der Waals surface area contributed by atoms with Crippen molar-refractivity contribution in [3.63, 3.8) is 0 Å². The summed E-state index contributed by atoms with van der Waals surface area (Å²) in [5, 5.41) is 9.00. The maximum atomic E-state index is 14.7. The Morgan fingerprint density at radius 1 is 0.731 bits per heavy atom. The van der Waals surface area contributed by atoms with Gasteiger partial charge in [0.15, 0.2) is 17.5 Å². The van der Waals surface area contributed by atoms with Crippen LogP contribution in [-0.2, 0) is 4.79 Å². The minimum atomic E-state index is -2.86. The minimum Gasteiger partial charge on any atom is -0.479 e. The van der Waals surface area contributed by atoms with Gasteiger partial charge in [0, 0.05) is 16.7 Å². The second kappa shape index (κ2) is 7.00. The Morgan fingerprint density at radius 3 is 1.65 bits per heavy atom. The summed E-state index contributed by atoms with van der Waals surface area (Å²) in [7, 11) is 0. The highest BCUT2D eigenvalue weighted by Gasteiger charge is 2.33. The van der Waals surface area contributed by atoms with E-state index in [0.717, 1.165) is 0 Å². The average Bonchev–Trinajstić information content (AvgIpc) is 2.66. The highest BCUT2D eigenvalue weighted by atomic mass is 19.2. The zero-order chi connectivity index (χ0) is 18.8. The van der Waals surface area contributed by atoms with Crippen molar-refractivity contribution in [2.24, 2.45) is 0 Å². The summed E-state index contributed by atoms with van der Waals surface area (Å²) < 4.78 is 57.5. The van der Waals surface area contributed by atoms with Crippen molar-refractivity contribution < 1.29 is 27.5 Å². The van der Waals surface area contributed by atoms with Gasteiger partial charge in [-0.2, -0.15) is 0 Å². The molecule has 0 aliphatic heterocycles. The van der Waals surface area contributed by atoms with Crippen molar-refractivity contribution in [3.05, 3.63) is 83.7 Å². The fourth-order valence-electron chi connectivity index (χ4n) is 2.82. The molecule has 1 N–H and O–H groups in total. The van der Waals surface area contributed by atoms with E-state index >= 15 is 0 Å². The lowest BCUT2D eigenvalue weighted by Crippen LogP contribution is -2.13. The Balaban J connectivity index is 2.49. The van der Waals surface area contributed by atoms with E-state index in [1.54, 1.807) is 36.4 Å². The van der Waals surface area contributed by atoms with Crippen LogP contribution in [0.25, 0.3) is 22.3 Å². The van der Waals surface area contributed by atoms with Crippen LogP contribution in [0.15, 0.2) is 60.7 Å². The molecule has 132 valence electrons. The van der Waals surface area contributed by atoms with Gasteiger partial charge in [0.2, 0.25) is 6.17 Å².